The number of rotatable bonds is 3. The van der Waals surface area contributed by atoms with Crippen LogP contribution in [0.2, 0.25) is 0 Å². The fourth-order valence-electron chi connectivity index (χ4n) is 1.73. The minimum atomic E-state index is 0.142. The van der Waals surface area contributed by atoms with Gasteiger partial charge in [-0.3, -0.25) is 0 Å². The lowest BCUT2D eigenvalue weighted by molar-refractivity contribution is 0.318. The van der Waals surface area contributed by atoms with Crippen LogP contribution in [0.1, 0.15) is 18.4 Å². The number of nitrogens with zero attached hydrogens (tertiary/aromatic N) is 2. The molecule has 0 aliphatic heterocycles. The molecule has 1 aliphatic rings. The van der Waals surface area contributed by atoms with E-state index in [1.165, 1.54) is 12.8 Å². The SMILES string of the molecule is CN(c1ccc(Br)cc1/C(N)=N/O)C1CC1. The van der Waals surface area contributed by atoms with Gasteiger partial charge in [-0.15, -0.1) is 0 Å². The van der Waals surface area contributed by atoms with Gasteiger partial charge in [-0.1, -0.05) is 21.1 Å². The number of hydrogen-bond acceptors (Lipinski definition) is 3. The predicted molar refractivity (Wildman–Crippen MR) is 68.1 cm³/mol. The highest BCUT2D eigenvalue weighted by Gasteiger charge is 2.28. The average Bonchev–Trinajstić information content (AvgIpc) is 3.11. The van der Waals surface area contributed by atoms with Gasteiger partial charge in [0, 0.05) is 28.8 Å². The van der Waals surface area contributed by atoms with Crippen molar-refractivity contribution in [3.8, 4) is 0 Å². The van der Waals surface area contributed by atoms with Crippen LogP contribution < -0.4 is 10.6 Å². The van der Waals surface area contributed by atoms with Crippen LogP contribution in [0, 0.1) is 0 Å². The fraction of sp³-hybridized carbons (Fsp3) is 0.364. The summed E-state index contributed by atoms with van der Waals surface area (Å²) in [5.41, 5.74) is 7.43. The smallest absolute Gasteiger partial charge is 0.172 e. The third-order valence-electron chi connectivity index (χ3n) is 2.82. The summed E-state index contributed by atoms with van der Waals surface area (Å²) >= 11 is 3.38. The summed E-state index contributed by atoms with van der Waals surface area (Å²) in [5.74, 6) is 0.142. The highest BCUT2D eigenvalue weighted by atomic mass is 79.9. The molecule has 1 aliphatic carbocycles. The summed E-state index contributed by atoms with van der Waals surface area (Å²) in [5, 5.41) is 11.8. The first-order chi connectivity index (χ1) is 7.63. The highest BCUT2D eigenvalue weighted by Crippen LogP contribution is 2.33. The Labute approximate surface area is 103 Å². The van der Waals surface area contributed by atoms with Gasteiger partial charge in [0.25, 0.3) is 0 Å². The Hall–Kier alpha value is -1.23. The number of halogens is 1. The van der Waals surface area contributed by atoms with Crippen LogP contribution in [0.5, 0.6) is 0 Å². The Morgan fingerprint density at radius 1 is 1.56 bits per heavy atom. The first kappa shape index (κ1) is 11.3. The van der Waals surface area contributed by atoms with Gasteiger partial charge in [0.1, 0.15) is 0 Å². The van der Waals surface area contributed by atoms with E-state index in [0.29, 0.717) is 6.04 Å². The number of anilines is 1. The Kier molecular flexibility index (Phi) is 3.05. The molecule has 0 amide bonds. The van der Waals surface area contributed by atoms with Crippen LogP contribution in [-0.4, -0.2) is 24.1 Å². The van der Waals surface area contributed by atoms with Gasteiger partial charge < -0.3 is 15.8 Å². The molecule has 0 heterocycles. The zero-order chi connectivity index (χ0) is 11.7. The van der Waals surface area contributed by atoms with Gasteiger partial charge in [0.05, 0.1) is 0 Å². The van der Waals surface area contributed by atoms with Crippen molar-refractivity contribution in [1.29, 1.82) is 0 Å². The minimum Gasteiger partial charge on any atom is -0.409 e. The topological polar surface area (TPSA) is 61.8 Å². The van der Waals surface area contributed by atoms with E-state index < -0.39 is 0 Å². The van der Waals surface area contributed by atoms with Crippen molar-refractivity contribution in [2.75, 3.05) is 11.9 Å². The first-order valence-corrected chi connectivity index (χ1v) is 5.93. The average molecular weight is 284 g/mol. The molecular formula is C11H14BrN3O. The molecule has 0 unspecified atom stereocenters. The van der Waals surface area contributed by atoms with Crippen molar-refractivity contribution in [3.63, 3.8) is 0 Å². The minimum absolute atomic E-state index is 0.142. The summed E-state index contributed by atoms with van der Waals surface area (Å²) in [6.07, 6.45) is 2.42. The molecule has 2 rings (SSSR count). The van der Waals surface area contributed by atoms with Crippen LogP contribution in [0.3, 0.4) is 0 Å². The molecule has 86 valence electrons. The molecule has 1 saturated carbocycles. The second-order valence-corrected chi connectivity index (χ2v) is 4.90. The number of benzene rings is 1. The molecule has 4 nitrogen and oxygen atoms in total. The second kappa shape index (κ2) is 4.33. The zero-order valence-corrected chi connectivity index (χ0v) is 10.6. The monoisotopic (exact) mass is 283 g/mol. The molecule has 3 N–H and O–H groups in total. The van der Waals surface area contributed by atoms with Crippen LogP contribution in [0.15, 0.2) is 27.8 Å². The molecule has 0 atom stereocenters. The number of amidine groups is 1. The lowest BCUT2D eigenvalue weighted by Crippen LogP contribution is -2.24. The Balaban J connectivity index is 2.42. The second-order valence-electron chi connectivity index (χ2n) is 3.99. The van der Waals surface area contributed by atoms with E-state index in [1.54, 1.807) is 0 Å². The molecule has 0 bridgehead atoms. The van der Waals surface area contributed by atoms with E-state index in [9.17, 15) is 0 Å². The Bertz CT molecular complexity index is 429. The van der Waals surface area contributed by atoms with Crippen molar-refractivity contribution in [3.05, 3.63) is 28.2 Å². The summed E-state index contributed by atoms with van der Waals surface area (Å²) < 4.78 is 0.919. The summed E-state index contributed by atoms with van der Waals surface area (Å²) in [6, 6.07) is 6.40. The van der Waals surface area contributed by atoms with Gasteiger partial charge in [-0.25, -0.2) is 0 Å². The number of nitrogens with two attached hydrogens (primary N) is 1. The number of hydrogen-bond donors (Lipinski definition) is 2. The third-order valence-corrected chi connectivity index (χ3v) is 3.31. The van der Waals surface area contributed by atoms with Crippen LogP contribution in [0.4, 0.5) is 5.69 Å². The van der Waals surface area contributed by atoms with Crippen molar-refractivity contribution in [2.45, 2.75) is 18.9 Å². The quantitative estimate of drug-likeness (QED) is 0.387. The van der Waals surface area contributed by atoms with E-state index in [-0.39, 0.29) is 5.84 Å². The third kappa shape index (κ3) is 2.14. The van der Waals surface area contributed by atoms with Crippen molar-refractivity contribution >= 4 is 27.5 Å². The van der Waals surface area contributed by atoms with E-state index in [2.05, 4.69) is 26.0 Å². The van der Waals surface area contributed by atoms with E-state index in [1.807, 2.05) is 25.2 Å². The maximum atomic E-state index is 8.77. The van der Waals surface area contributed by atoms with Gasteiger partial charge in [-0.05, 0) is 31.0 Å². The van der Waals surface area contributed by atoms with Crippen LogP contribution in [0.25, 0.3) is 0 Å². The van der Waals surface area contributed by atoms with E-state index in [4.69, 9.17) is 10.9 Å². The highest BCUT2D eigenvalue weighted by molar-refractivity contribution is 9.10. The Morgan fingerprint density at radius 3 is 2.81 bits per heavy atom. The molecule has 0 spiro atoms. The lowest BCUT2D eigenvalue weighted by atomic mass is 10.1. The van der Waals surface area contributed by atoms with Gasteiger partial charge in [0.2, 0.25) is 0 Å². The van der Waals surface area contributed by atoms with Crippen molar-refractivity contribution < 1.29 is 5.21 Å². The molecule has 0 saturated heterocycles. The maximum Gasteiger partial charge on any atom is 0.172 e. The zero-order valence-electron chi connectivity index (χ0n) is 9.02. The molecule has 0 aromatic heterocycles. The summed E-state index contributed by atoms with van der Waals surface area (Å²) in [7, 11) is 2.04. The molecule has 1 aromatic carbocycles. The number of oxime groups is 1. The molecule has 5 heteroatoms. The fourth-order valence-corrected chi connectivity index (χ4v) is 2.09. The summed E-state index contributed by atoms with van der Waals surface area (Å²) in [6.45, 7) is 0. The summed E-state index contributed by atoms with van der Waals surface area (Å²) in [4.78, 5) is 2.18. The lowest BCUT2D eigenvalue weighted by Gasteiger charge is -2.21. The molecule has 16 heavy (non-hydrogen) atoms. The largest absolute Gasteiger partial charge is 0.409 e. The van der Waals surface area contributed by atoms with E-state index in [0.717, 1.165) is 15.7 Å². The van der Waals surface area contributed by atoms with E-state index >= 15 is 0 Å². The predicted octanol–water partition coefficient (Wildman–Crippen LogP) is 2.14. The van der Waals surface area contributed by atoms with Gasteiger partial charge >= 0.3 is 0 Å². The standard InChI is InChI=1S/C11H14BrN3O/c1-15(8-3-4-8)10-5-2-7(12)6-9(10)11(13)14-16/h2,5-6,8,16H,3-4H2,1H3,(H2,13,14). The van der Waals surface area contributed by atoms with Crippen molar-refractivity contribution in [2.24, 2.45) is 10.9 Å². The van der Waals surface area contributed by atoms with Gasteiger partial charge in [-0.2, -0.15) is 0 Å². The van der Waals surface area contributed by atoms with Gasteiger partial charge in [0.15, 0.2) is 5.84 Å². The molecule has 0 radical (unpaired) electrons. The van der Waals surface area contributed by atoms with Crippen LogP contribution >= 0.6 is 15.9 Å². The molecular weight excluding hydrogens is 270 g/mol. The molecule has 1 fully saturated rings. The van der Waals surface area contributed by atoms with Crippen molar-refractivity contribution in [1.82, 2.24) is 0 Å². The Morgan fingerprint density at radius 2 is 2.25 bits per heavy atom. The molecule has 1 aromatic rings. The maximum absolute atomic E-state index is 8.77. The normalized spacial score (nSPS) is 16.2. The first-order valence-electron chi connectivity index (χ1n) is 5.13. The van der Waals surface area contributed by atoms with Crippen LogP contribution in [-0.2, 0) is 0 Å².